The number of aldehydes is 1. The molecule has 0 saturated carbocycles. The van der Waals surface area contributed by atoms with E-state index in [1.54, 1.807) is 31.0 Å². The zero-order valence-corrected chi connectivity index (χ0v) is 11.8. The van der Waals surface area contributed by atoms with Gasteiger partial charge < -0.3 is 4.74 Å². The fraction of sp³-hybridized carbons (Fsp3) is 0.333. The monoisotopic (exact) mass is 276 g/mol. The molecule has 0 aliphatic heterocycles. The molecule has 0 radical (unpaired) electrons. The highest BCUT2D eigenvalue weighted by Crippen LogP contribution is 2.21. The summed E-state index contributed by atoms with van der Waals surface area (Å²) < 4.78 is 19.8. The normalized spacial score (nSPS) is 12.4. The van der Waals surface area contributed by atoms with Crippen molar-refractivity contribution in [2.75, 3.05) is 13.7 Å². The first-order chi connectivity index (χ1) is 9.56. The van der Waals surface area contributed by atoms with E-state index in [0.29, 0.717) is 17.9 Å². The molecule has 4 nitrogen and oxygen atoms in total. The smallest absolute Gasteiger partial charge is 0.153 e. The molecule has 0 bridgehead atoms. The number of aromatic nitrogens is 2. The van der Waals surface area contributed by atoms with Crippen LogP contribution in [0.15, 0.2) is 24.4 Å². The predicted molar refractivity (Wildman–Crippen MR) is 73.9 cm³/mol. The fourth-order valence-electron chi connectivity index (χ4n) is 2.20. The Balaban J connectivity index is 2.45. The predicted octanol–water partition coefficient (Wildman–Crippen LogP) is 2.88. The van der Waals surface area contributed by atoms with Crippen LogP contribution in [0.4, 0.5) is 4.39 Å². The van der Waals surface area contributed by atoms with Crippen LogP contribution >= 0.6 is 0 Å². The van der Waals surface area contributed by atoms with E-state index in [2.05, 4.69) is 5.10 Å². The van der Waals surface area contributed by atoms with Crippen LogP contribution < -0.4 is 0 Å². The van der Waals surface area contributed by atoms with Crippen molar-refractivity contribution < 1.29 is 13.9 Å². The minimum Gasteiger partial charge on any atom is -0.384 e. The largest absolute Gasteiger partial charge is 0.384 e. The molecule has 0 aliphatic rings. The highest BCUT2D eigenvalue weighted by Gasteiger charge is 2.16. The van der Waals surface area contributed by atoms with Crippen LogP contribution in [0.3, 0.4) is 0 Å². The third-order valence-electron chi connectivity index (χ3n) is 3.19. The maximum Gasteiger partial charge on any atom is 0.153 e. The van der Waals surface area contributed by atoms with Crippen LogP contribution in [0, 0.1) is 12.7 Å². The summed E-state index contributed by atoms with van der Waals surface area (Å²) in [5.41, 5.74) is 2.73. The van der Waals surface area contributed by atoms with Gasteiger partial charge in [0.2, 0.25) is 0 Å². The lowest BCUT2D eigenvalue weighted by atomic mass is 10.1. The topological polar surface area (TPSA) is 44.1 Å². The van der Waals surface area contributed by atoms with Gasteiger partial charge in [0.05, 0.1) is 23.6 Å². The summed E-state index contributed by atoms with van der Waals surface area (Å²) in [6.07, 6.45) is 2.44. The van der Waals surface area contributed by atoms with Crippen molar-refractivity contribution in [1.29, 1.82) is 0 Å². The van der Waals surface area contributed by atoms with Gasteiger partial charge in [-0.25, -0.2) is 9.07 Å². The van der Waals surface area contributed by atoms with Crippen LogP contribution in [0.25, 0.3) is 5.69 Å². The average molecular weight is 276 g/mol. The van der Waals surface area contributed by atoms with Crippen LogP contribution in [0.5, 0.6) is 0 Å². The second-order valence-corrected chi connectivity index (χ2v) is 4.82. The molecule has 1 aromatic carbocycles. The van der Waals surface area contributed by atoms with Crippen molar-refractivity contribution in [3.63, 3.8) is 0 Å². The van der Waals surface area contributed by atoms with Crippen molar-refractivity contribution >= 4 is 6.29 Å². The Hall–Kier alpha value is -2.01. The van der Waals surface area contributed by atoms with Crippen molar-refractivity contribution in [2.45, 2.75) is 19.8 Å². The molecule has 20 heavy (non-hydrogen) atoms. The number of hydrogen-bond acceptors (Lipinski definition) is 3. The van der Waals surface area contributed by atoms with E-state index in [4.69, 9.17) is 4.74 Å². The SMILES string of the molecule is COCC(C)c1nn(-c2ccc(F)cc2C)cc1C=O. The van der Waals surface area contributed by atoms with Gasteiger partial charge in [0.25, 0.3) is 0 Å². The van der Waals surface area contributed by atoms with Gasteiger partial charge in [-0.05, 0) is 30.7 Å². The third-order valence-corrected chi connectivity index (χ3v) is 3.19. The van der Waals surface area contributed by atoms with Gasteiger partial charge in [-0.2, -0.15) is 5.10 Å². The Morgan fingerprint density at radius 3 is 2.85 bits per heavy atom. The number of carbonyl (C=O) groups is 1. The van der Waals surface area contributed by atoms with Gasteiger partial charge in [-0.1, -0.05) is 6.92 Å². The van der Waals surface area contributed by atoms with Gasteiger partial charge in [0.1, 0.15) is 5.82 Å². The third kappa shape index (κ3) is 2.77. The van der Waals surface area contributed by atoms with E-state index in [1.165, 1.54) is 12.1 Å². The Morgan fingerprint density at radius 1 is 1.50 bits per heavy atom. The summed E-state index contributed by atoms with van der Waals surface area (Å²) in [5, 5.41) is 4.44. The second-order valence-electron chi connectivity index (χ2n) is 4.82. The number of hydrogen-bond donors (Lipinski definition) is 0. The van der Waals surface area contributed by atoms with E-state index in [1.807, 2.05) is 6.92 Å². The Labute approximate surface area is 117 Å². The number of carbonyl (C=O) groups excluding carboxylic acids is 1. The Morgan fingerprint density at radius 2 is 2.25 bits per heavy atom. The molecular weight excluding hydrogens is 259 g/mol. The zero-order chi connectivity index (χ0) is 14.7. The van der Waals surface area contributed by atoms with Gasteiger partial charge in [0.15, 0.2) is 6.29 Å². The van der Waals surface area contributed by atoms with Crippen LogP contribution in [0.1, 0.15) is 34.5 Å². The molecule has 0 saturated heterocycles. The first kappa shape index (κ1) is 14.4. The minimum absolute atomic E-state index is 0.0159. The molecule has 1 heterocycles. The number of benzene rings is 1. The molecule has 0 fully saturated rings. The number of ether oxygens (including phenoxy) is 1. The fourth-order valence-corrected chi connectivity index (χ4v) is 2.20. The first-order valence-electron chi connectivity index (χ1n) is 6.37. The van der Waals surface area contributed by atoms with Crippen LogP contribution in [-0.4, -0.2) is 29.8 Å². The lowest BCUT2D eigenvalue weighted by Crippen LogP contribution is -2.06. The van der Waals surface area contributed by atoms with Gasteiger partial charge in [-0.15, -0.1) is 0 Å². The van der Waals surface area contributed by atoms with E-state index in [-0.39, 0.29) is 11.7 Å². The second kappa shape index (κ2) is 5.96. The minimum atomic E-state index is -0.290. The van der Waals surface area contributed by atoms with Gasteiger partial charge >= 0.3 is 0 Å². The summed E-state index contributed by atoms with van der Waals surface area (Å²) in [6, 6.07) is 4.47. The molecule has 5 heteroatoms. The Bertz CT molecular complexity index is 622. The van der Waals surface area contributed by atoms with Crippen molar-refractivity contribution in [3.05, 3.63) is 47.0 Å². The maximum absolute atomic E-state index is 13.1. The summed E-state index contributed by atoms with van der Waals surface area (Å²) in [4.78, 5) is 11.2. The van der Waals surface area contributed by atoms with Gasteiger partial charge in [0, 0.05) is 19.2 Å². The van der Waals surface area contributed by atoms with E-state index >= 15 is 0 Å². The van der Waals surface area contributed by atoms with Crippen LogP contribution in [0.2, 0.25) is 0 Å². The molecule has 0 N–H and O–H groups in total. The Kier molecular flexibility index (Phi) is 4.29. The van der Waals surface area contributed by atoms with Gasteiger partial charge in [-0.3, -0.25) is 4.79 Å². The molecule has 1 unspecified atom stereocenters. The summed E-state index contributed by atoms with van der Waals surface area (Å²) in [6.45, 7) is 4.24. The molecule has 1 atom stereocenters. The molecule has 0 spiro atoms. The molecule has 0 amide bonds. The number of rotatable bonds is 5. The molecule has 2 aromatic rings. The first-order valence-corrected chi connectivity index (χ1v) is 6.37. The number of nitrogens with zero attached hydrogens (tertiary/aromatic N) is 2. The lowest BCUT2D eigenvalue weighted by Gasteiger charge is -2.08. The molecule has 0 aliphatic carbocycles. The zero-order valence-electron chi connectivity index (χ0n) is 11.8. The van der Waals surface area contributed by atoms with E-state index in [0.717, 1.165) is 17.5 Å². The number of halogens is 1. The summed E-state index contributed by atoms with van der Waals surface area (Å²) in [5.74, 6) is -0.274. The van der Waals surface area contributed by atoms with Crippen LogP contribution in [-0.2, 0) is 4.74 Å². The average Bonchev–Trinajstić information content (AvgIpc) is 2.83. The van der Waals surface area contributed by atoms with Crippen molar-refractivity contribution in [2.24, 2.45) is 0 Å². The lowest BCUT2D eigenvalue weighted by molar-refractivity contribution is 0.112. The van der Waals surface area contributed by atoms with Crippen molar-refractivity contribution in [1.82, 2.24) is 9.78 Å². The highest BCUT2D eigenvalue weighted by atomic mass is 19.1. The van der Waals surface area contributed by atoms with Crippen molar-refractivity contribution in [3.8, 4) is 5.69 Å². The molecule has 106 valence electrons. The number of aryl methyl sites for hydroxylation is 1. The summed E-state index contributed by atoms with van der Waals surface area (Å²) >= 11 is 0. The highest BCUT2D eigenvalue weighted by molar-refractivity contribution is 5.76. The molecule has 1 aromatic heterocycles. The van der Waals surface area contributed by atoms with E-state index in [9.17, 15) is 9.18 Å². The summed E-state index contributed by atoms with van der Waals surface area (Å²) in [7, 11) is 1.61. The molecule has 2 rings (SSSR count). The maximum atomic E-state index is 13.1. The quantitative estimate of drug-likeness (QED) is 0.789. The standard InChI is InChI=1S/C15H17FN2O2/c1-10-6-13(16)4-5-14(10)18-7-12(8-19)15(17-18)11(2)9-20-3/h4-8,11H,9H2,1-3H3. The molecular formula is C15H17FN2O2. The number of methoxy groups -OCH3 is 1. The van der Waals surface area contributed by atoms with E-state index < -0.39 is 0 Å².